The van der Waals surface area contributed by atoms with Gasteiger partial charge in [0.05, 0.1) is 47.1 Å². The number of halogens is 4. The van der Waals surface area contributed by atoms with Gasteiger partial charge < -0.3 is 29.5 Å². The number of alkyl halides is 3. The molecule has 2 amide bonds. The number of fused-ring (bicyclic) bond motifs is 1. The van der Waals surface area contributed by atoms with Crippen molar-refractivity contribution in [1.29, 1.82) is 0 Å². The lowest BCUT2D eigenvalue weighted by Crippen LogP contribution is -2.50. The Kier molecular flexibility index (Phi) is 9.26. The fraction of sp³-hybridized carbons (Fsp3) is 0.344. The molecule has 0 atom stereocenters. The molecule has 17 heteroatoms. The van der Waals surface area contributed by atoms with Crippen LogP contribution in [0.15, 0.2) is 41.6 Å². The number of hydrogen-bond acceptors (Lipinski definition) is 10. The second-order valence-electron chi connectivity index (χ2n) is 11.4. The first-order valence-electron chi connectivity index (χ1n) is 15.3. The van der Waals surface area contributed by atoms with Crippen molar-refractivity contribution in [1.82, 2.24) is 29.4 Å². The number of nitrogens with zero attached hydrogens (tertiary/aromatic N) is 7. The van der Waals surface area contributed by atoms with Crippen molar-refractivity contribution in [3.05, 3.63) is 80.4 Å². The molecule has 0 bridgehead atoms. The third-order valence-electron chi connectivity index (χ3n) is 8.37. The van der Waals surface area contributed by atoms with Gasteiger partial charge in [0.2, 0.25) is 11.3 Å². The summed E-state index contributed by atoms with van der Waals surface area (Å²) >= 11 is 6.10. The maximum Gasteiger partial charge on any atom is 0.416 e. The molecule has 13 nitrogen and oxygen atoms in total. The summed E-state index contributed by atoms with van der Waals surface area (Å²) in [7, 11) is 0. The highest BCUT2D eigenvalue weighted by Gasteiger charge is 2.32. The van der Waals surface area contributed by atoms with Gasteiger partial charge in [0.1, 0.15) is 18.6 Å². The molecule has 3 aromatic heterocycles. The topological polar surface area (TPSA) is 156 Å². The Labute approximate surface area is 282 Å². The zero-order valence-corrected chi connectivity index (χ0v) is 27.1. The number of carbonyl (C=O) groups excluding carboxylic acids is 2. The number of amides is 2. The van der Waals surface area contributed by atoms with Gasteiger partial charge in [0.15, 0.2) is 22.6 Å². The van der Waals surface area contributed by atoms with Crippen molar-refractivity contribution in [2.24, 2.45) is 0 Å². The molecule has 0 aliphatic carbocycles. The molecule has 2 aliphatic heterocycles. The number of nitrogens with one attached hydrogen (secondary N) is 1. The molecule has 5 heterocycles. The first-order chi connectivity index (χ1) is 23.4. The second kappa shape index (κ2) is 13.4. The molecule has 0 radical (unpaired) electrons. The lowest BCUT2D eigenvalue weighted by molar-refractivity contribution is -0.137. The number of hydrogen-bond donors (Lipinski definition) is 2. The van der Waals surface area contributed by atoms with Crippen molar-refractivity contribution in [2.75, 3.05) is 49.6 Å². The number of ether oxygens (including phenoxy) is 1. The number of aryl methyl sites for hydroxylation is 1. The summed E-state index contributed by atoms with van der Waals surface area (Å²) in [5, 5.41) is 12.6. The summed E-state index contributed by atoms with van der Waals surface area (Å²) in [6.07, 6.45) is 0.223. The van der Waals surface area contributed by atoms with Crippen molar-refractivity contribution in [3.63, 3.8) is 0 Å². The maximum atomic E-state index is 14.2. The minimum atomic E-state index is -4.61. The predicted octanol–water partition coefficient (Wildman–Crippen LogP) is 3.84. The van der Waals surface area contributed by atoms with Crippen LogP contribution >= 0.6 is 11.6 Å². The van der Waals surface area contributed by atoms with Gasteiger partial charge in [-0.05, 0) is 31.5 Å². The average molecular weight is 699 g/mol. The highest BCUT2D eigenvalue weighted by Crippen LogP contribution is 2.34. The number of aromatic nitrogens is 5. The molecule has 1 aromatic carbocycles. The maximum absolute atomic E-state index is 14.2. The van der Waals surface area contributed by atoms with Crippen LogP contribution < -0.4 is 15.6 Å². The summed E-state index contributed by atoms with van der Waals surface area (Å²) in [5.74, 6) is -1.40. The third kappa shape index (κ3) is 6.65. The van der Waals surface area contributed by atoms with Gasteiger partial charge in [-0.15, -0.1) is 0 Å². The van der Waals surface area contributed by atoms with Crippen molar-refractivity contribution >= 4 is 51.5 Å². The van der Waals surface area contributed by atoms with E-state index in [9.17, 15) is 32.7 Å². The largest absolute Gasteiger partial charge is 0.504 e. The van der Waals surface area contributed by atoms with E-state index < -0.39 is 29.0 Å². The Bertz CT molecular complexity index is 2060. The van der Waals surface area contributed by atoms with Gasteiger partial charge >= 0.3 is 6.18 Å². The lowest BCUT2D eigenvalue weighted by Gasteiger charge is -2.37. The molecular formula is C32H30ClF3N8O5. The van der Waals surface area contributed by atoms with E-state index >= 15 is 0 Å². The van der Waals surface area contributed by atoms with Crippen LogP contribution in [-0.2, 0) is 28.7 Å². The Morgan fingerprint density at radius 2 is 1.88 bits per heavy atom. The van der Waals surface area contributed by atoms with Gasteiger partial charge in [-0.3, -0.25) is 14.4 Å². The molecule has 2 N–H and O–H groups in total. The zero-order chi connectivity index (χ0) is 35.0. The Balaban J connectivity index is 1.35. The molecule has 0 spiro atoms. The quantitative estimate of drug-likeness (QED) is 0.291. The molecule has 1 saturated heterocycles. The van der Waals surface area contributed by atoms with E-state index in [4.69, 9.17) is 16.3 Å². The van der Waals surface area contributed by atoms with E-state index in [1.54, 1.807) is 11.5 Å². The molecule has 4 aromatic rings. The first kappa shape index (κ1) is 33.8. The van der Waals surface area contributed by atoms with Crippen LogP contribution in [0.4, 0.5) is 24.5 Å². The van der Waals surface area contributed by atoms with E-state index in [1.165, 1.54) is 17.4 Å². The molecule has 256 valence electrons. The Morgan fingerprint density at radius 3 is 2.53 bits per heavy atom. The van der Waals surface area contributed by atoms with Gasteiger partial charge in [-0.1, -0.05) is 24.6 Å². The molecule has 6 rings (SSSR count). The average Bonchev–Trinajstić information content (AvgIpc) is 3.62. The van der Waals surface area contributed by atoms with E-state index in [0.717, 1.165) is 23.8 Å². The second-order valence-corrected chi connectivity index (χ2v) is 11.8. The van der Waals surface area contributed by atoms with E-state index in [1.807, 2.05) is 17.9 Å². The fourth-order valence-corrected chi connectivity index (χ4v) is 6.07. The van der Waals surface area contributed by atoms with Crippen LogP contribution in [0.25, 0.3) is 16.7 Å². The van der Waals surface area contributed by atoms with Crippen molar-refractivity contribution < 1.29 is 32.6 Å². The molecule has 2 aliphatic rings. The van der Waals surface area contributed by atoms with Crippen molar-refractivity contribution in [2.45, 2.75) is 33.0 Å². The minimum Gasteiger partial charge on any atom is -0.504 e. The van der Waals surface area contributed by atoms with Crippen LogP contribution in [0.1, 0.15) is 40.1 Å². The number of piperazine rings is 1. The SMILES string of the molecule is CCc1c(N2CCN(C(=O)c3ncnc(C)c3O)CC2)c(=O)c2nc(C3=CCOC3)cnc2n1CC(=O)Nc1ccc(C(F)(F)F)cc1Cl. The van der Waals surface area contributed by atoms with Crippen LogP contribution in [0, 0.1) is 6.92 Å². The van der Waals surface area contributed by atoms with E-state index in [-0.39, 0.29) is 77.4 Å². The van der Waals surface area contributed by atoms with Gasteiger partial charge in [-0.25, -0.2) is 19.9 Å². The predicted molar refractivity (Wildman–Crippen MR) is 174 cm³/mol. The molecule has 49 heavy (non-hydrogen) atoms. The number of rotatable bonds is 7. The van der Waals surface area contributed by atoms with E-state index in [0.29, 0.717) is 31.0 Å². The van der Waals surface area contributed by atoms with Gasteiger partial charge in [0.25, 0.3) is 5.91 Å². The first-order valence-corrected chi connectivity index (χ1v) is 15.7. The standard InChI is InChI=1S/C32H30ClF3N8O5/c1-3-23-27(42-7-9-43(10-8-42)31(48)26-28(46)17(2)38-16-39-26)29(47)25-30(37-13-22(41-25)18-6-11-49-15-18)44(23)14-24(45)40-21-5-4-19(12-20(21)33)32(34,35)36/h4-6,12-13,16,46H,3,7-11,14-15H2,1-2H3,(H,40,45). The smallest absolute Gasteiger partial charge is 0.416 e. The molecule has 0 unspecified atom stereocenters. The molecule has 0 saturated carbocycles. The number of pyridine rings is 1. The van der Waals surface area contributed by atoms with Crippen LogP contribution in [0.5, 0.6) is 5.75 Å². The van der Waals surface area contributed by atoms with Crippen LogP contribution in [-0.4, -0.2) is 85.7 Å². The number of aromatic hydroxyl groups is 1. The summed E-state index contributed by atoms with van der Waals surface area (Å²) in [5.41, 5.74) is 0.880. The zero-order valence-electron chi connectivity index (χ0n) is 26.3. The minimum absolute atomic E-state index is 0.0118. The number of benzene rings is 1. The molecular weight excluding hydrogens is 669 g/mol. The lowest BCUT2D eigenvalue weighted by atomic mass is 10.1. The highest BCUT2D eigenvalue weighted by molar-refractivity contribution is 6.33. The van der Waals surface area contributed by atoms with Gasteiger partial charge in [0, 0.05) is 37.4 Å². The summed E-state index contributed by atoms with van der Waals surface area (Å²) in [4.78, 5) is 61.3. The van der Waals surface area contributed by atoms with E-state index in [2.05, 4.69) is 25.3 Å². The van der Waals surface area contributed by atoms with Crippen LogP contribution in [0.2, 0.25) is 5.02 Å². The summed E-state index contributed by atoms with van der Waals surface area (Å²) < 4.78 is 46.5. The number of carbonyl (C=O) groups is 2. The van der Waals surface area contributed by atoms with Crippen molar-refractivity contribution in [3.8, 4) is 5.75 Å². The van der Waals surface area contributed by atoms with Gasteiger partial charge in [-0.2, -0.15) is 13.2 Å². The Morgan fingerprint density at radius 1 is 1.12 bits per heavy atom. The summed E-state index contributed by atoms with van der Waals surface area (Å²) in [6.45, 7) is 4.57. The number of anilines is 2. The third-order valence-corrected chi connectivity index (χ3v) is 8.68. The summed E-state index contributed by atoms with van der Waals surface area (Å²) in [6, 6.07) is 2.62. The molecule has 1 fully saturated rings. The van der Waals surface area contributed by atoms with Crippen LogP contribution in [0.3, 0.4) is 0 Å². The monoisotopic (exact) mass is 698 g/mol. The normalized spacial score (nSPS) is 15.1. The Hall–Kier alpha value is -5.09. The highest BCUT2D eigenvalue weighted by atomic mass is 35.5. The fourth-order valence-electron chi connectivity index (χ4n) is 5.84.